The van der Waals surface area contributed by atoms with Crippen molar-refractivity contribution in [3.63, 3.8) is 0 Å². The summed E-state index contributed by atoms with van der Waals surface area (Å²) in [6, 6.07) is 9.25. The van der Waals surface area contributed by atoms with Crippen LogP contribution in [-0.4, -0.2) is 11.4 Å². The van der Waals surface area contributed by atoms with Crippen LogP contribution in [0.5, 0.6) is 0 Å². The molecule has 1 aromatic rings. The summed E-state index contributed by atoms with van der Waals surface area (Å²) in [6.07, 6.45) is 5.61. The van der Waals surface area contributed by atoms with Crippen LogP contribution in [-0.2, 0) is 0 Å². The Labute approximate surface area is 86.1 Å². The van der Waals surface area contributed by atoms with Gasteiger partial charge < -0.3 is 4.90 Å². The Bertz CT molecular complexity index is 341. The van der Waals surface area contributed by atoms with Gasteiger partial charge in [-0.2, -0.15) is 0 Å². The van der Waals surface area contributed by atoms with Crippen molar-refractivity contribution in [1.29, 1.82) is 0 Å². The van der Waals surface area contributed by atoms with E-state index in [1.165, 1.54) is 17.5 Å². The number of rotatable bonds is 2. The molecule has 1 nitrogen and oxygen atoms in total. The molecule has 0 N–H and O–H groups in total. The number of benzene rings is 1. The molecule has 0 spiro atoms. The summed E-state index contributed by atoms with van der Waals surface area (Å²) in [5.74, 6) is 0. The average Bonchev–Trinajstić information content (AvgIpc) is 2.27. The van der Waals surface area contributed by atoms with Crippen molar-refractivity contribution in [2.24, 2.45) is 0 Å². The third-order valence-electron chi connectivity index (χ3n) is 2.95. The Balaban J connectivity index is 2.42. The van der Waals surface area contributed by atoms with Gasteiger partial charge in [0.25, 0.3) is 0 Å². The average molecular weight is 187 g/mol. The van der Waals surface area contributed by atoms with Gasteiger partial charge in [-0.1, -0.05) is 31.2 Å². The number of hydrogen-bond donors (Lipinski definition) is 0. The topological polar surface area (TPSA) is 3.24 Å². The number of fused-ring (bicyclic) bond motifs is 1. The predicted molar refractivity (Wildman–Crippen MR) is 60.9 cm³/mol. The first-order valence-corrected chi connectivity index (χ1v) is 5.39. The number of hydrogen-bond acceptors (Lipinski definition) is 1. The number of nitrogens with zero attached hydrogens (tertiary/aromatic N) is 1. The maximum Gasteiger partial charge on any atom is 0.0540 e. The molecule has 0 bridgehead atoms. The van der Waals surface area contributed by atoms with E-state index in [2.05, 4.69) is 55.3 Å². The molecule has 1 aliphatic rings. The highest BCUT2D eigenvalue weighted by molar-refractivity contribution is 5.56. The van der Waals surface area contributed by atoms with E-state index in [9.17, 15) is 0 Å². The largest absolute Gasteiger partial charge is 0.371 e. The molecule has 0 saturated heterocycles. The van der Waals surface area contributed by atoms with Gasteiger partial charge in [0, 0.05) is 12.7 Å². The van der Waals surface area contributed by atoms with Crippen LogP contribution in [0.15, 0.2) is 30.5 Å². The van der Waals surface area contributed by atoms with Gasteiger partial charge in [0.1, 0.15) is 0 Å². The zero-order chi connectivity index (χ0) is 9.97. The van der Waals surface area contributed by atoms with E-state index in [1.54, 1.807) is 0 Å². The summed E-state index contributed by atoms with van der Waals surface area (Å²) in [5.41, 5.74) is 2.85. The van der Waals surface area contributed by atoms with Crippen LogP contribution < -0.4 is 0 Å². The minimum atomic E-state index is 0.571. The van der Waals surface area contributed by atoms with Crippen LogP contribution in [0.4, 0.5) is 0 Å². The fourth-order valence-electron chi connectivity index (χ4n) is 2.20. The van der Waals surface area contributed by atoms with Gasteiger partial charge in [0.15, 0.2) is 0 Å². The molecular formula is C13H17N. The van der Waals surface area contributed by atoms with Crippen LogP contribution in [0.3, 0.4) is 0 Å². The molecule has 1 heterocycles. The minimum Gasteiger partial charge on any atom is -0.371 e. The molecule has 0 amide bonds. The van der Waals surface area contributed by atoms with E-state index >= 15 is 0 Å². The maximum atomic E-state index is 2.41. The lowest BCUT2D eigenvalue weighted by Crippen LogP contribution is -2.25. The first-order valence-electron chi connectivity index (χ1n) is 5.39. The Morgan fingerprint density at radius 3 is 2.71 bits per heavy atom. The second kappa shape index (κ2) is 3.87. The third-order valence-corrected chi connectivity index (χ3v) is 2.95. The van der Waals surface area contributed by atoms with Crippen LogP contribution >= 0.6 is 0 Å². The molecule has 0 radical (unpaired) electrons. The molecule has 2 rings (SSSR count). The van der Waals surface area contributed by atoms with Gasteiger partial charge >= 0.3 is 0 Å². The van der Waals surface area contributed by atoms with Crippen molar-refractivity contribution < 1.29 is 0 Å². The highest BCUT2D eigenvalue weighted by Gasteiger charge is 2.19. The SMILES string of the molecule is CCC1c2ccccc2C=CN1CC. The van der Waals surface area contributed by atoms with Crippen molar-refractivity contribution in [3.8, 4) is 0 Å². The first kappa shape index (κ1) is 9.32. The molecule has 1 aromatic carbocycles. The minimum absolute atomic E-state index is 0.571. The fourth-order valence-corrected chi connectivity index (χ4v) is 2.20. The van der Waals surface area contributed by atoms with Gasteiger partial charge in [0.05, 0.1) is 6.04 Å². The Hall–Kier alpha value is -1.24. The summed E-state index contributed by atoms with van der Waals surface area (Å²) < 4.78 is 0. The summed E-state index contributed by atoms with van der Waals surface area (Å²) in [5, 5.41) is 0. The lowest BCUT2D eigenvalue weighted by atomic mass is 9.94. The van der Waals surface area contributed by atoms with Crippen LogP contribution in [0.1, 0.15) is 37.4 Å². The quantitative estimate of drug-likeness (QED) is 0.685. The Morgan fingerprint density at radius 2 is 2.00 bits per heavy atom. The second-order valence-corrected chi connectivity index (χ2v) is 3.70. The predicted octanol–water partition coefficient (Wildman–Crippen LogP) is 3.44. The highest BCUT2D eigenvalue weighted by atomic mass is 15.1. The van der Waals surface area contributed by atoms with Crippen LogP contribution in [0, 0.1) is 0 Å². The van der Waals surface area contributed by atoms with E-state index in [4.69, 9.17) is 0 Å². The van der Waals surface area contributed by atoms with Crippen molar-refractivity contribution in [2.75, 3.05) is 6.54 Å². The fraction of sp³-hybridized carbons (Fsp3) is 0.385. The molecule has 0 aromatic heterocycles. The molecule has 1 unspecified atom stereocenters. The van der Waals surface area contributed by atoms with Gasteiger partial charge in [0.2, 0.25) is 0 Å². The molecule has 74 valence electrons. The smallest absolute Gasteiger partial charge is 0.0540 e. The van der Waals surface area contributed by atoms with Gasteiger partial charge in [-0.25, -0.2) is 0 Å². The standard InChI is InChI=1S/C13H17N/c1-3-13-12-8-6-5-7-11(12)9-10-14(13)4-2/h5-10,13H,3-4H2,1-2H3. The van der Waals surface area contributed by atoms with Gasteiger partial charge in [-0.3, -0.25) is 0 Å². The molecular weight excluding hydrogens is 170 g/mol. The summed E-state index contributed by atoms with van der Waals surface area (Å²) in [4.78, 5) is 2.41. The monoisotopic (exact) mass is 187 g/mol. The van der Waals surface area contributed by atoms with Crippen molar-refractivity contribution >= 4 is 6.08 Å². The normalized spacial score (nSPS) is 19.6. The summed E-state index contributed by atoms with van der Waals surface area (Å²) in [6.45, 7) is 5.55. The van der Waals surface area contributed by atoms with E-state index in [1.807, 2.05) is 0 Å². The molecule has 14 heavy (non-hydrogen) atoms. The summed E-state index contributed by atoms with van der Waals surface area (Å²) >= 11 is 0. The molecule has 0 saturated carbocycles. The Kier molecular flexibility index (Phi) is 2.58. The maximum absolute atomic E-state index is 2.41. The lowest BCUT2D eigenvalue weighted by molar-refractivity contribution is 0.283. The van der Waals surface area contributed by atoms with Crippen molar-refractivity contribution in [3.05, 3.63) is 41.6 Å². The first-order chi connectivity index (χ1) is 6.86. The van der Waals surface area contributed by atoms with E-state index in [0.717, 1.165) is 6.54 Å². The van der Waals surface area contributed by atoms with E-state index in [-0.39, 0.29) is 0 Å². The molecule has 1 aliphatic heterocycles. The van der Waals surface area contributed by atoms with Gasteiger partial charge in [-0.05, 0) is 30.5 Å². The third kappa shape index (κ3) is 1.43. The van der Waals surface area contributed by atoms with Crippen LogP contribution in [0.2, 0.25) is 0 Å². The van der Waals surface area contributed by atoms with Crippen LogP contribution in [0.25, 0.3) is 6.08 Å². The molecule has 0 aliphatic carbocycles. The lowest BCUT2D eigenvalue weighted by Gasteiger charge is -2.33. The van der Waals surface area contributed by atoms with Crippen molar-refractivity contribution in [2.45, 2.75) is 26.3 Å². The molecule has 1 heteroatoms. The highest BCUT2D eigenvalue weighted by Crippen LogP contribution is 2.31. The zero-order valence-electron chi connectivity index (χ0n) is 8.90. The molecule has 1 atom stereocenters. The second-order valence-electron chi connectivity index (χ2n) is 3.70. The Morgan fingerprint density at radius 1 is 1.21 bits per heavy atom. The molecule has 0 fully saturated rings. The summed E-state index contributed by atoms with van der Waals surface area (Å²) in [7, 11) is 0. The van der Waals surface area contributed by atoms with E-state index in [0.29, 0.717) is 6.04 Å². The van der Waals surface area contributed by atoms with Crippen molar-refractivity contribution in [1.82, 2.24) is 4.90 Å². The van der Waals surface area contributed by atoms with Gasteiger partial charge in [-0.15, -0.1) is 0 Å². The zero-order valence-corrected chi connectivity index (χ0v) is 8.90. The van der Waals surface area contributed by atoms with E-state index < -0.39 is 0 Å².